The molecule has 0 spiro atoms. The zero-order chi connectivity index (χ0) is 22.7. The highest BCUT2D eigenvalue weighted by atomic mass is 32.2. The van der Waals surface area contributed by atoms with Gasteiger partial charge >= 0.3 is 0 Å². The van der Waals surface area contributed by atoms with Crippen LogP contribution in [0.1, 0.15) is 42.6 Å². The molecule has 1 N–H and O–H groups in total. The number of aryl methyl sites for hydroxylation is 1. The van der Waals surface area contributed by atoms with E-state index in [-0.39, 0.29) is 11.7 Å². The summed E-state index contributed by atoms with van der Waals surface area (Å²) in [5.74, 6) is 0.418. The largest absolute Gasteiger partial charge is 0.493 e. The fourth-order valence-electron chi connectivity index (χ4n) is 4.25. The lowest BCUT2D eigenvalue weighted by Crippen LogP contribution is -2.37. The van der Waals surface area contributed by atoms with Crippen LogP contribution in [0.4, 0.5) is 11.4 Å². The normalized spacial score (nSPS) is 13.6. The van der Waals surface area contributed by atoms with Crippen LogP contribution in [0.15, 0.2) is 54.6 Å². The lowest BCUT2D eigenvalue weighted by Gasteiger charge is -2.30. The molecule has 0 fully saturated rings. The van der Waals surface area contributed by atoms with Crippen LogP contribution < -0.4 is 14.4 Å². The van der Waals surface area contributed by atoms with E-state index in [1.165, 1.54) is 4.31 Å². The first-order valence-electron chi connectivity index (χ1n) is 11.0. The number of benzene rings is 3. The minimum absolute atomic E-state index is 0.131. The van der Waals surface area contributed by atoms with Crippen LogP contribution in [-0.2, 0) is 16.4 Å². The van der Waals surface area contributed by atoms with Gasteiger partial charge < -0.3 is 10.1 Å². The number of nitrogens with zero attached hydrogens (tertiary/aromatic N) is 1. The van der Waals surface area contributed by atoms with Crippen LogP contribution in [0.2, 0.25) is 0 Å². The Morgan fingerprint density at radius 3 is 2.69 bits per heavy atom. The Morgan fingerprint density at radius 1 is 1.09 bits per heavy atom. The summed E-state index contributed by atoms with van der Waals surface area (Å²) in [6, 6.07) is 16.9. The molecule has 0 unspecified atom stereocenters. The number of hydrogen-bond donors (Lipinski definition) is 1. The number of fused-ring (bicyclic) bond motifs is 2. The van der Waals surface area contributed by atoms with Crippen LogP contribution in [0, 0.1) is 0 Å². The standard InChI is InChI=1S/C25H28N2O4S/c1-3-16-32(29,30)27-15-7-9-19-17-20(12-13-22(19)27)26-25(28)24-21-10-6-5-8-18(21)11-14-23(24)31-4-2/h5-6,8,10-14,17H,3-4,7,9,15-16H2,1-2H3,(H,26,28). The minimum Gasteiger partial charge on any atom is -0.493 e. The molecule has 1 amide bonds. The fraction of sp³-hybridized carbons (Fsp3) is 0.320. The van der Waals surface area contributed by atoms with Gasteiger partial charge in [0.25, 0.3) is 5.91 Å². The van der Waals surface area contributed by atoms with Gasteiger partial charge in [0.15, 0.2) is 0 Å². The van der Waals surface area contributed by atoms with Crippen molar-refractivity contribution in [1.82, 2.24) is 0 Å². The topological polar surface area (TPSA) is 75.7 Å². The molecular formula is C25H28N2O4S. The van der Waals surface area contributed by atoms with Crippen LogP contribution in [0.5, 0.6) is 5.75 Å². The highest BCUT2D eigenvalue weighted by Crippen LogP contribution is 2.33. The Bertz CT molecular complexity index is 1250. The summed E-state index contributed by atoms with van der Waals surface area (Å²) in [5.41, 5.74) is 2.77. The molecule has 1 aliphatic heterocycles. The van der Waals surface area contributed by atoms with Gasteiger partial charge in [-0.2, -0.15) is 0 Å². The Balaban J connectivity index is 1.66. The molecule has 0 aliphatic carbocycles. The van der Waals surface area contributed by atoms with Crippen LogP contribution in [0.3, 0.4) is 0 Å². The number of rotatable bonds is 7. The number of nitrogens with one attached hydrogen (secondary N) is 1. The fourth-order valence-corrected chi connectivity index (χ4v) is 5.87. The van der Waals surface area contributed by atoms with Crippen LogP contribution >= 0.6 is 0 Å². The smallest absolute Gasteiger partial charge is 0.260 e. The molecule has 7 heteroatoms. The maximum absolute atomic E-state index is 13.3. The van der Waals surface area contributed by atoms with Crippen molar-refractivity contribution >= 4 is 38.1 Å². The molecule has 1 heterocycles. The number of hydrogen-bond acceptors (Lipinski definition) is 4. The second-order valence-corrected chi connectivity index (χ2v) is 9.90. The summed E-state index contributed by atoms with van der Waals surface area (Å²) < 4.78 is 32.6. The Hall–Kier alpha value is -3.06. The number of anilines is 2. The van der Waals surface area contributed by atoms with Gasteiger partial charge in [-0.25, -0.2) is 8.42 Å². The van der Waals surface area contributed by atoms with E-state index in [9.17, 15) is 13.2 Å². The summed E-state index contributed by atoms with van der Waals surface area (Å²) in [5, 5.41) is 4.78. The summed E-state index contributed by atoms with van der Waals surface area (Å²) >= 11 is 0. The maximum atomic E-state index is 13.3. The quantitative estimate of drug-likeness (QED) is 0.548. The molecule has 0 saturated carbocycles. The van der Waals surface area contributed by atoms with Crippen molar-refractivity contribution in [3.8, 4) is 5.75 Å². The number of sulfonamides is 1. The second kappa shape index (κ2) is 9.20. The van der Waals surface area contributed by atoms with Gasteiger partial charge in [0.2, 0.25) is 10.0 Å². The van der Waals surface area contributed by atoms with Crippen molar-refractivity contribution in [2.45, 2.75) is 33.1 Å². The van der Waals surface area contributed by atoms with Crippen LogP contribution in [-0.4, -0.2) is 33.2 Å². The molecule has 4 rings (SSSR count). The molecule has 168 valence electrons. The van der Waals surface area contributed by atoms with Gasteiger partial charge in [0.05, 0.1) is 23.6 Å². The first-order valence-corrected chi connectivity index (χ1v) is 12.6. The molecule has 0 aromatic heterocycles. The average molecular weight is 453 g/mol. The summed E-state index contributed by atoms with van der Waals surface area (Å²) in [4.78, 5) is 13.3. The third-order valence-corrected chi connectivity index (χ3v) is 7.60. The summed E-state index contributed by atoms with van der Waals surface area (Å²) in [6.45, 7) is 4.71. The van der Waals surface area contributed by atoms with Crippen molar-refractivity contribution in [3.63, 3.8) is 0 Å². The van der Waals surface area contributed by atoms with Crippen molar-refractivity contribution in [2.75, 3.05) is 28.5 Å². The highest BCUT2D eigenvalue weighted by Gasteiger charge is 2.27. The van der Waals surface area contributed by atoms with Gasteiger partial charge in [0.1, 0.15) is 5.75 Å². The Morgan fingerprint density at radius 2 is 1.91 bits per heavy atom. The second-order valence-electron chi connectivity index (χ2n) is 7.88. The van der Waals surface area contributed by atoms with Gasteiger partial charge in [0, 0.05) is 12.2 Å². The molecule has 0 atom stereocenters. The van der Waals surface area contributed by atoms with E-state index in [4.69, 9.17) is 4.74 Å². The minimum atomic E-state index is -3.33. The molecule has 3 aromatic carbocycles. The lowest BCUT2D eigenvalue weighted by molar-refractivity contribution is 0.102. The van der Waals surface area contributed by atoms with Crippen molar-refractivity contribution in [2.24, 2.45) is 0 Å². The summed E-state index contributed by atoms with van der Waals surface area (Å²) in [6.07, 6.45) is 2.11. The van der Waals surface area contributed by atoms with E-state index in [0.717, 1.165) is 29.2 Å². The third kappa shape index (κ3) is 4.30. The third-order valence-electron chi connectivity index (χ3n) is 5.63. The van der Waals surface area contributed by atoms with E-state index < -0.39 is 10.0 Å². The van der Waals surface area contributed by atoms with E-state index in [1.54, 1.807) is 12.1 Å². The number of carbonyl (C=O) groups excluding carboxylic acids is 1. The predicted octanol–water partition coefficient (Wildman–Crippen LogP) is 4.98. The first kappa shape index (κ1) is 22.1. The molecule has 3 aromatic rings. The van der Waals surface area contributed by atoms with E-state index in [1.807, 2.05) is 56.3 Å². The number of ether oxygens (including phenoxy) is 1. The van der Waals surface area contributed by atoms with E-state index in [2.05, 4.69) is 5.32 Å². The molecule has 0 radical (unpaired) electrons. The predicted molar refractivity (Wildman–Crippen MR) is 129 cm³/mol. The average Bonchev–Trinajstić information content (AvgIpc) is 2.78. The Kier molecular flexibility index (Phi) is 6.37. The zero-order valence-corrected chi connectivity index (χ0v) is 19.2. The van der Waals surface area contributed by atoms with Crippen molar-refractivity contribution in [3.05, 3.63) is 65.7 Å². The highest BCUT2D eigenvalue weighted by molar-refractivity contribution is 7.92. The first-order chi connectivity index (χ1) is 15.4. The molecule has 32 heavy (non-hydrogen) atoms. The molecule has 6 nitrogen and oxygen atoms in total. The lowest BCUT2D eigenvalue weighted by atomic mass is 10.0. The molecule has 0 bridgehead atoms. The van der Waals surface area contributed by atoms with Gasteiger partial charge in [-0.15, -0.1) is 0 Å². The van der Waals surface area contributed by atoms with Gasteiger partial charge in [-0.1, -0.05) is 37.3 Å². The molecule has 0 saturated heterocycles. The van der Waals surface area contributed by atoms with E-state index >= 15 is 0 Å². The van der Waals surface area contributed by atoms with E-state index in [0.29, 0.717) is 42.3 Å². The SMILES string of the molecule is CCCS(=O)(=O)N1CCCc2cc(NC(=O)c3c(OCC)ccc4ccccc34)ccc21. The molecule has 1 aliphatic rings. The summed E-state index contributed by atoms with van der Waals surface area (Å²) in [7, 11) is -3.33. The number of amides is 1. The van der Waals surface area contributed by atoms with Gasteiger partial charge in [-0.3, -0.25) is 9.10 Å². The van der Waals surface area contributed by atoms with Crippen molar-refractivity contribution in [1.29, 1.82) is 0 Å². The molecular weight excluding hydrogens is 424 g/mol. The monoisotopic (exact) mass is 452 g/mol. The zero-order valence-electron chi connectivity index (χ0n) is 18.4. The Labute approximate surface area is 189 Å². The van der Waals surface area contributed by atoms with Crippen molar-refractivity contribution < 1.29 is 17.9 Å². The maximum Gasteiger partial charge on any atom is 0.260 e. The number of carbonyl (C=O) groups is 1. The van der Waals surface area contributed by atoms with Crippen LogP contribution in [0.25, 0.3) is 10.8 Å². The van der Waals surface area contributed by atoms with Gasteiger partial charge in [-0.05, 0) is 66.8 Å².